The number of nitrogens with one attached hydrogen (secondary N) is 1. The molecule has 1 aromatic carbocycles. The maximum atomic E-state index is 10.9. The highest BCUT2D eigenvalue weighted by molar-refractivity contribution is 5.66. The van der Waals surface area contributed by atoms with Crippen LogP contribution in [0.5, 0.6) is 0 Å². The van der Waals surface area contributed by atoms with E-state index in [4.69, 9.17) is 5.73 Å². The summed E-state index contributed by atoms with van der Waals surface area (Å²) in [7, 11) is 0. The fraction of sp³-hybridized carbons (Fsp3) is 0.500. The molecule has 1 unspecified atom stereocenters. The number of nitrogens with zero attached hydrogens (tertiary/aromatic N) is 1. The second-order valence-corrected chi connectivity index (χ2v) is 4.46. The Labute approximate surface area is 101 Å². The van der Waals surface area contributed by atoms with Crippen molar-refractivity contribution in [2.24, 2.45) is 11.7 Å². The Hall–Kier alpha value is -1.62. The first-order chi connectivity index (χ1) is 7.97. The van der Waals surface area contributed by atoms with Crippen LogP contribution in [0.1, 0.15) is 19.4 Å². The molecule has 0 aromatic heterocycles. The average molecular weight is 237 g/mol. The van der Waals surface area contributed by atoms with E-state index in [0.717, 1.165) is 5.56 Å². The van der Waals surface area contributed by atoms with Crippen molar-refractivity contribution in [2.45, 2.75) is 26.8 Å². The number of rotatable bonds is 5. The zero-order chi connectivity index (χ0) is 13.0. The molecule has 1 atom stereocenters. The van der Waals surface area contributed by atoms with Crippen LogP contribution in [-0.2, 0) is 0 Å². The van der Waals surface area contributed by atoms with Gasteiger partial charge in [-0.25, -0.2) is 0 Å². The van der Waals surface area contributed by atoms with E-state index in [1.54, 1.807) is 6.07 Å². The maximum absolute atomic E-state index is 10.9. The summed E-state index contributed by atoms with van der Waals surface area (Å²) in [4.78, 5) is 10.6. The standard InChI is InChI=1S/C12H19N3O2/c1-8(2)10(7-13)14-12-9(3)5-4-6-11(12)15(16)17/h4-6,8,10,14H,7,13H2,1-3H3. The smallest absolute Gasteiger partial charge is 0.292 e. The highest BCUT2D eigenvalue weighted by Gasteiger charge is 2.19. The first kappa shape index (κ1) is 13.4. The van der Waals surface area contributed by atoms with E-state index >= 15 is 0 Å². The summed E-state index contributed by atoms with van der Waals surface area (Å²) in [5.41, 5.74) is 7.20. The van der Waals surface area contributed by atoms with Crippen LogP contribution in [0.3, 0.4) is 0 Å². The first-order valence-electron chi connectivity index (χ1n) is 5.68. The van der Waals surface area contributed by atoms with Crippen molar-refractivity contribution in [1.82, 2.24) is 0 Å². The predicted molar refractivity (Wildman–Crippen MR) is 69.1 cm³/mol. The van der Waals surface area contributed by atoms with Crippen LogP contribution in [-0.4, -0.2) is 17.5 Å². The van der Waals surface area contributed by atoms with Gasteiger partial charge in [0.25, 0.3) is 5.69 Å². The number of hydrogen-bond donors (Lipinski definition) is 2. The molecule has 0 radical (unpaired) electrons. The Balaban J connectivity index is 3.07. The van der Waals surface area contributed by atoms with Crippen molar-refractivity contribution in [3.63, 3.8) is 0 Å². The molecule has 5 nitrogen and oxygen atoms in total. The molecule has 0 amide bonds. The van der Waals surface area contributed by atoms with Gasteiger partial charge in [0.15, 0.2) is 0 Å². The minimum absolute atomic E-state index is 0.0369. The van der Waals surface area contributed by atoms with Gasteiger partial charge in [0.1, 0.15) is 5.69 Å². The van der Waals surface area contributed by atoms with Crippen molar-refractivity contribution in [2.75, 3.05) is 11.9 Å². The third kappa shape index (κ3) is 3.17. The molecule has 0 spiro atoms. The Morgan fingerprint density at radius 3 is 2.59 bits per heavy atom. The highest BCUT2D eigenvalue weighted by Crippen LogP contribution is 2.28. The second-order valence-electron chi connectivity index (χ2n) is 4.46. The van der Waals surface area contributed by atoms with Gasteiger partial charge in [0.2, 0.25) is 0 Å². The summed E-state index contributed by atoms with van der Waals surface area (Å²) in [5, 5.41) is 14.1. The molecule has 0 saturated carbocycles. The minimum Gasteiger partial charge on any atom is -0.375 e. The van der Waals surface area contributed by atoms with E-state index in [0.29, 0.717) is 18.2 Å². The Kier molecular flexibility index (Phi) is 4.45. The number of benzene rings is 1. The molecule has 3 N–H and O–H groups in total. The maximum Gasteiger partial charge on any atom is 0.292 e. The summed E-state index contributed by atoms with van der Waals surface area (Å²) in [6.07, 6.45) is 0. The monoisotopic (exact) mass is 237 g/mol. The number of anilines is 1. The molecule has 0 aliphatic carbocycles. The van der Waals surface area contributed by atoms with Crippen molar-refractivity contribution in [3.05, 3.63) is 33.9 Å². The molecule has 0 saturated heterocycles. The van der Waals surface area contributed by atoms with Crippen LogP contribution in [0.2, 0.25) is 0 Å². The number of nitrogens with two attached hydrogens (primary N) is 1. The molecule has 1 rings (SSSR count). The van der Waals surface area contributed by atoms with Crippen LogP contribution >= 0.6 is 0 Å². The van der Waals surface area contributed by atoms with Crippen LogP contribution < -0.4 is 11.1 Å². The van der Waals surface area contributed by atoms with Gasteiger partial charge in [-0.3, -0.25) is 10.1 Å². The fourth-order valence-electron chi connectivity index (χ4n) is 1.68. The summed E-state index contributed by atoms with van der Waals surface area (Å²) in [6, 6.07) is 5.08. The van der Waals surface area contributed by atoms with Gasteiger partial charge in [0.05, 0.1) is 4.92 Å². The van der Waals surface area contributed by atoms with Crippen LogP contribution in [0.4, 0.5) is 11.4 Å². The molecule has 1 aromatic rings. The number of nitro groups is 1. The minimum atomic E-state index is -0.372. The Morgan fingerprint density at radius 1 is 1.47 bits per heavy atom. The van der Waals surface area contributed by atoms with E-state index in [1.165, 1.54) is 6.07 Å². The van der Waals surface area contributed by atoms with Gasteiger partial charge in [-0.2, -0.15) is 0 Å². The third-order valence-corrected chi connectivity index (χ3v) is 2.84. The molecule has 0 aliphatic heterocycles. The molecule has 0 bridgehead atoms. The Morgan fingerprint density at radius 2 is 2.12 bits per heavy atom. The van der Waals surface area contributed by atoms with Gasteiger partial charge >= 0.3 is 0 Å². The van der Waals surface area contributed by atoms with Crippen molar-refractivity contribution >= 4 is 11.4 Å². The SMILES string of the molecule is Cc1cccc([N+](=O)[O-])c1NC(CN)C(C)C. The quantitative estimate of drug-likeness (QED) is 0.608. The molecule has 0 aliphatic rings. The number of para-hydroxylation sites is 1. The molecule has 94 valence electrons. The molecule has 17 heavy (non-hydrogen) atoms. The van der Waals surface area contributed by atoms with E-state index in [9.17, 15) is 10.1 Å². The number of hydrogen-bond acceptors (Lipinski definition) is 4. The zero-order valence-corrected chi connectivity index (χ0v) is 10.4. The number of nitro benzene ring substituents is 1. The van der Waals surface area contributed by atoms with Crippen molar-refractivity contribution in [1.29, 1.82) is 0 Å². The molecule has 0 heterocycles. The molecule has 5 heteroatoms. The van der Waals surface area contributed by atoms with Gasteiger partial charge < -0.3 is 11.1 Å². The summed E-state index contributed by atoms with van der Waals surface area (Å²) in [5.74, 6) is 0.319. The predicted octanol–water partition coefficient (Wildman–Crippen LogP) is 2.30. The van der Waals surface area contributed by atoms with E-state index in [-0.39, 0.29) is 16.7 Å². The first-order valence-corrected chi connectivity index (χ1v) is 5.68. The highest BCUT2D eigenvalue weighted by atomic mass is 16.6. The lowest BCUT2D eigenvalue weighted by atomic mass is 10.0. The van der Waals surface area contributed by atoms with Gasteiger partial charge in [-0.15, -0.1) is 0 Å². The lowest BCUT2D eigenvalue weighted by Gasteiger charge is -2.22. The van der Waals surface area contributed by atoms with Crippen molar-refractivity contribution < 1.29 is 4.92 Å². The lowest BCUT2D eigenvalue weighted by Crippen LogP contribution is -2.34. The number of aryl methyl sites for hydroxylation is 1. The topological polar surface area (TPSA) is 81.2 Å². The average Bonchev–Trinajstić information content (AvgIpc) is 2.26. The summed E-state index contributed by atoms with van der Waals surface area (Å²) >= 11 is 0. The van der Waals surface area contributed by atoms with Gasteiger partial charge in [-0.1, -0.05) is 26.0 Å². The van der Waals surface area contributed by atoms with E-state index in [1.807, 2.05) is 26.8 Å². The van der Waals surface area contributed by atoms with Crippen LogP contribution in [0.25, 0.3) is 0 Å². The van der Waals surface area contributed by atoms with Crippen molar-refractivity contribution in [3.8, 4) is 0 Å². The Bertz CT molecular complexity index is 405. The molecule has 0 fully saturated rings. The van der Waals surface area contributed by atoms with E-state index in [2.05, 4.69) is 5.32 Å². The summed E-state index contributed by atoms with van der Waals surface area (Å²) < 4.78 is 0. The second kappa shape index (κ2) is 5.63. The third-order valence-electron chi connectivity index (χ3n) is 2.84. The lowest BCUT2D eigenvalue weighted by molar-refractivity contribution is -0.384. The van der Waals surface area contributed by atoms with Crippen LogP contribution in [0.15, 0.2) is 18.2 Å². The normalized spacial score (nSPS) is 12.5. The van der Waals surface area contributed by atoms with Crippen LogP contribution in [0, 0.1) is 23.0 Å². The van der Waals surface area contributed by atoms with Gasteiger partial charge in [0, 0.05) is 18.7 Å². The molecular formula is C12H19N3O2. The van der Waals surface area contributed by atoms with E-state index < -0.39 is 0 Å². The molecular weight excluding hydrogens is 218 g/mol. The largest absolute Gasteiger partial charge is 0.375 e. The fourth-order valence-corrected chi connectivity index (χ4v) is 1.68. The van der Waals surface area contributed by atoms with Gasteiger partial charge in [-0.05, 0) is 18.4 Å². The summed E-state index contributed by atoms with van der Waals surface area (Å²) in [6.45, 7) is 6.37. The zero-order valence-electron chi connectivity index (χ0n) is 10.4.